The molecule has 30 heavy (non-hydrogen) atoms. The third kappa shape index (κ3) is 5.48. The summed E-state index contributed by atoms with van der Waals surface area (Å²) in [7, 11) is 0. The molecule has 0 radical (unpaired) electrons. The van der Waals surface area contributed by atoms with Crippen LogP contribution < -0.4 is 11.1 Å². The lowest BCUT2D eigenvalue weighted by Gasteiger charge is -2.19. The number of urea groups is 1. The van der Waals surface area contributed by atoms with Gasteiger partial charge in [0.05, 0.1) is 18.2 Å². The number of hydrogen-bond donors (Lipinski definition) is 3. The topological polar surface area (TPSA) is 131 Å². The monoisotopic (exact) mass is 433 g/mol. The first-order valence-corrected chi connectivity index (χ1v) is 9.64. The smallest absolute Gasteiger partial charge is 0.312 e. The van der Waals surface area contributed by atoms with E-state index < -0.39 is 29.9 Å². The Bertz CT molecular complexity index is 981. The highest BCUT2D eigenvalue weighted by molar-refractivity contribution is 6.30. The number of aromatic nitrogens is 1. The molecule has 8 nitrogen and oxygen atoms in total. The average molecular weight is 434 g/mol. The van der Waals surface area contributed by atoms with Crippen LogP contribution >= 0.6 is 11.6 Å². The van der Waals surface area contributed by atoms with Gasteiger partial charge in [0.15, 0.2) is 11.9 Å². The number of aryl methyl sites for hydroxylation is 1. The van der Waals surface area contributed by atoms with Crippen LogP contribution in [-0.2, 0) is 9.53 Å². The summed E-state index contributed by atoms with van der Waals surface area (Å²) in [5.74, 6) is -1.31. The normalized spacial score (nSPS) is 12.7. The number of esters is 1. The summed E-state index contributed by atoms with van der Waals surface area (Å²) in [5.41, 5.74) is 7.58. The standard InChI is InChI=1S/C21H24ClN3O5/c1-10-18(12(3)26)11(2)24-19(10)20(28)13(4)30-17(27)9-16(25-21(23)29)14-5-7-15(22)8-6-14/h5-8,13,16,24H,9H2,1-4H3,(H3,23,25,29). The molecule has 2 unspecified atom stereocenters. The first-order chi connectivity index (χ1) is 14.0. The molecular formula is C21H24ClN3O5. The van der Waals surface area contributed by atoms with Crippen LogP contribution in [0, 0.1) is 13.8 Å². The van der Waals surface area contributed by atoms with E-state index in [0.717, 1.165) is 0 Å². The molecule has 2 amide bonds. The summed E-state index contributed by atoms with van der Waals surface area (Å²) in [6.45, 7) is 6.23. The van der Waals surface area contributed by atoms with Gasteiger partial charge in [-0.3, -0.25) is 14.4 Å². The van der Waals surface area contributed by atoms with Crippen molar-refractivity contribution in [3.63, 3.8) is 0 Å². The lowest BCUT2D eigenvalue weighted by molar-refractivity contribution is -0.146. The van der Waals surface area contributed by atoms with E-state index in [-0.39, 0.29) is 17.9 Å². The van der Waals surface area contributed by atoms with Gasteiger partial charge in [0.25, 0.3) is 0 Å². The van der Waals surface area contributed by atoms with Crippen molar-refractivity contribution in [1.29, 1.82) is 0 Å². The predicted molar refractivity (Wildman–Crippen MR) is 112 cm³/mol. The molecule has 0 saturated carbocycles. The number of H-pyrrole nitrogens is 1. The minimum absolute atomic E-state index is 0.159. The van der Waals surface area contributed by atoms with Crippen molar-refractivity contribution < 1.29 is 23.9 Å². The zero-order chi connectivity index (χ0) is 22.6. The fraction of sp³-hybridized carbons (Fsp3) is 0.333. The molecule has 0 saturated heterocycles. The minimum atomic E-state index is -1.09. The predicted octanol–water partition coefficient (Wildman–Crippen LogP) is 3.40. The Kier molecular flexibility index (Phi) is 7.39. The Labute approximate surface area is 179 Å². The largest absolute Gasteiger partial charge is 0.454 e. The second kappa shape index (κ2) is 9.58. The Hall–Kier alpha value is -3.13. The van der Waals surface area contributed by atoms with E-state index in [1.54, 1.807) is 38.1 Å². The SMILES string of the molecule is CC(=O)c1c(C)[nH]c(C(=O)C(C)OC(=O)CC(NC(N)=O)c2ccc(Cl)cc2)c1C. The van der Waals surface area contributed by atoms with Crippen molar-refractivity contribution in [2.24, 2.45) is 5.73 Å². The van der Waals surface area contributed by atoms with E-state index in [4.69, 9.17) is 22.1 Å². The molecule has 2 rings (SSSR count). The molecule has 0 fully saturated rings. The van der Waals surface area contributed by atoms with Gasteiger partial charge in [-0.1, -0.05) is 23.7 Å². The molecule has 9 heteroatoms. The number of amides is 2. The molecule has 0 spiro atoms. The molecule has 1 aromatic heterocycles. The maximum Gasteiger partial charge on any atom is 0.312 e. The summed E-state index contributed by atoms with van der Waals surface area (Å²) in [6.07, 6.45) is -1.32. The Morgan fingerprint density at radius 2 is 1.77 bits per heavy atom. The van der Waals surface area contributed by atoms with Crippen molar-refractivity contribution in [2.45, 2.75) is 46.3 Å². The zero-order valence-electron chi connectivity index (χ0n) is 17.2. The van der Waals surface area contributed by atoms with E-state index >= 15 is 0 Å². The fourth-order valence-electron chi connectivity index (χ4n) is 3.31. The number of aromatic amines is 1. The number of nitrogens with two attached hydrogens (primary N) is 1. The van der Waals surface area contributed by atoms with Crippen LogP contribution in [0.5, 0.6) is 0 Å². The van der Waals surface area contributed by atoms with Crippen LogP contribution in [0.4, 0.5) is 4.79 Å². The van der Waals surface area contributed by atoms with Crippen LogP contribution in [0.2, 0.25) is 5.02 Å². The third-order valence-electron chi connectivity index (χ3n) is 4.67. The van der Waals surface area contributed by atoms with Gasteiger partial charge in [-0.15, -0.1) is 0 Å². The number of Topliss-reactive ketones (excluding diaryl/α,β-unsaturated/α-hetero) is 2. The van der Waals surface area contributed by atoms with Crippen LogP contribution in [-0.4, -0.2) is 34.7 Å². The minimum Gasteiger partial charge on any atom is -0.454 e. The van der Waals surface area contributed by atoms with Crippen LogP contribution in [0.15, 0.2) is 24.3 Å². The first-order valence-electron chi connectivity index (χ1n) is 9.26. The molecule has 2 atom stereocenters. The number of ether oxygens (including phenoxy) is 1. The summed E-state index contributed by atoms with van der Waals surface area (Å²) >= 11 is 5.87. The van der Waals surface area contributed by atoms with Gasteiger partial charge in [0.1, 0.15) is 0 Å². The zero-order valence-corrected chi connectivity index (χ0v) is 17.9. The van der Waals surface area contributed by atoms with Crippen LogP contribution in [0.25, 0.3) is 0 Å². The second-order valence-electron chi connectivity index (χ2n) is 6.99. The van der Waals surface area contributed by atoms with Crippen LogP contribution in [0.1, 0.15) is 64.0 Å². The number of halogens is 1. The third-order valence-corrected chi connectivity index (χ3v) is 4.93. The van der Waals surface area contributed by atoms with E-state index in [9.17, 15) is 19.2 Å². The van der Waals surface area contributed by atoms with Gasteiger partial charge < -0.3 is 20.8 Å². The highest BCUT2D eigenvalue weighted by Gasteiger charge is 2.27. The number of benzene rings is 1. The quantitative estimate of drug-likeness (QED) is 0.433. The van der Waals surface area contributed by atoms with Gasteiger partial charge in [0.2, 0.25) is 5.78 Å². The summed E-state index contributed by atoms with van der Waals surface area (Å²) in [6, 6.07) is 4.99. The van der Waals surface area contributed by atoms with Gasteiger partial charge >= 0.3 is 12.0 Å². The first kappa shape index (κ1) is 23.2. The summed E-state index contributed by atoms with van der Waals surface area (Å²) in [5, 5.41) is 2.98. The molecule has 1 aromatic carbocycles. The van der Waals surface area contributed by atoms with E-state index in [1.165, 1.54) is 13.8 Å². The molecular weight excluding hydrogens is 410 g/mol. The second-order valence-corrected chi connectivity index (χ2v) is 7.43. The van der Waals surface area contributed by atoms with E-state index in [1.807, 2.05) is 0 Å². The average Bonchev–Trinajstić information content (AvgIpc) is 2.94. The Morgan fingerprint density at radius 3 is 2.27 bits per heavy atom. The van der Waals surface area contributed by atoms with Crippen molar-refractivity contribution >= 4 is 35.2 Å². The van der Waals surface area contributed by atoms with Gasteiger partial charge in [-0.25, -0.2) is 4.79 Å². The van der Waals surface area contributed by atoms with E-state index in [0.29, 0.717) is 27.4 Å². The lowest BCUT2D eigenvalue weighted by Crippen LogP contribution is -2.35. The highest BCUT2D eigenvalue weighted by Crippen LogP contribution is 2.22. The van der Waals surface area contributed by atoms with Gasteiger partial charge in [0, 0.05) is 16.3 Å². The number of nitrogens with one attached hydrogen (secondary N) is 2. The molecule has 0 bridgehead atoms. The number of rotatable bonds is 8. The lowest BCUT2D eigenvalue weighted by atomic mass is 10.0. The highest BCUT2D eigenvalue weighted by atomic mass is 35.5. The maximum absolute atomic E-state index is 12.7. The number of ketones is 2. The summed E-state index contributed by atoms with van der Waals surface area (Å²) < 4.78 is 5.28. The number of primary amides is 1. The molecule has 0 aliphatic carbocycles. The number of hydrogen-bond acceptors (Lipinski definition) is 5. The molecule has 0 aliphatic rings. The maximum atomic E-state index is 12.7. The van der Waals surface area contributed by atoms with Crippen LogP contribution in [0.3, 0.4) is 0 Å². The summed E-state index contributed by atoms with van der Waals surface area (Å²) in [4.78, 5) is 51.2. The number of carbonyl (C=O) groups is 4. The molecule has 2 aromatic rings. The van der Waals surface area contributed by atoms with Crippen molar-refractivity contribution in [1.82, 2.24) is 10.3 Å². The Balaban J connectivity index is 2.12. The Morgan fingerprint density at radius 1 is 1.17 bits per heavy atom. The molecule has 4 N–H and O–H groups in total. The van der Waals surface area contributed by atoms with Crippen molar-refractivity contribution in [3.05, 3.63) is 57.4 Å². The van der Waals surface area contributed by atoms with Gasteiger partial charge in [-0.05, 0) is 51.0 Å². The van der Waals surface area contributed by atoms with E-state index in [2.05, 4.69) is 10.3 Å². The molecule has 0 aliphatic heterocycles. The van der Waals surface area contributed by atoms with Gasteiger partial charge in [-0.2, -0.15) is 0 Å². The molecule has 1 heterocycles. The number of carbonyl (C=O) groups excluding carboxylic acids is 4. The van der Waals surface area contributed by atoms with Crippen molar-refractivity contribution in [2.75, 3.05) is 0 Å². The fourth-order valence-corrected chi connectivity index (χ4v) is 3.44. The van der Waals surface area contributed by atoms with Crippen molar-refractivity contribution in [3.8, 4) is 0 Å². The molecule has 160 valence electrons.